The first kappa shape index (κ1) is 22.9. The molecule has 3 fully saturated rings. The van der Waals surface area contributed by atoms with E-state index in [1.165, 1.54) is 4.31 Å². The lowest BCUT2D eigenvalue weighted by molar-refractivity contribution is -0.144. The number of rotatable bonds is 10. The van der Waals surface area contributed by atoms with Crippen molar-refractivity contribution < 1.29 is 28.4 Å². The summed E-state index contributed by atoms with van der Waals surface area (Å²) in [5, 5.41) is 31.1. The van der Waals surface area contributed by atoms with E-state index in [9.17, 15) is 18.3 Å². The van der Waals surface area contributed by atoms with Crippen molar-refractivity contribution in [2.45, 2.75) is 56.4 Å². The summed E-state index contributed by atoms with van der Waals surface area (Å²) in [6, 6.07) is -0.130. The lowest BCUT2D eigenvalue weighted by Crippen LogP contribution is -2.57. The van der Waals surface area contributed by atoms with Gasteiger partial charge in [0.1, 0.15) is 5.54 Å². The van der Waals surface area contributed by atoms with Crippen LogP contribution < -0.4 is 11.1 Å². The van der Waals surface area contributed by atoms with Crippen LogP contribution in [0.1, 0.15) is 38.5 Å². The van der Waals surface area contributed by atoms with Crippen LogP contribution in [-0.2, 0) is 15.0 Å². The zero-order valence-electron chi connectivity index (χ0n) is 16.7. The molecule has 0 radical (unpaired) electrons. The van der Waals surface area contributed by atoms with Gasteiger partial charge in [0.05, 0.1) is 0 Å². The largest absolute Gasteiger partial charge is 0.480 e. The summed E-state index contributed by atoms with van der Waals surface area (Å²) in [4.78, 5) is 11.9. The van der Waals surface area contributed by atoms with Crippen molar-refractivity contribution in [3.63, 3.8) is 0 Å². The summed E-state index contributed by atoms with van der Waals surface area (Å²) in [6.07, 6.45) is 4.52. The van der Waals surface area contributed by atoms with Gasteiger partial charge in [-0.1, -0.05) is 6.42 Å². The number of hydrogen-bond acceptors (Lipinski definition) is 7. The Balaban J connectivity index is 1.77. The zero-order chi connectivity index (χ0) is 21.2. The molecule has 3 atom stereocenters. The van der Waals surface area contributed by atoms with Crippen LogP contribution in [0.15, 0.2) is 0 Å². The molecule has 6 N–H and O–H groups in total. The molecule has 3 rings (SSSR count). The molecule has 166 valence electrons. The molecule has 2 aliphatic heterocycles. The van der Waals surface area contributed by atoms with Crippen LogP contribution in [0, 0.1) is 11.8 Å². The van der Waals surface area contributed by atoms with E-state index in [4.69, 9.17) is 15.8 Å². The predicted octanol–water partition coefficient (Wildman–Crippen LogP) is -1.34. The fraction of sp³-hybridized carbons (Fsp3) is 0.941. The van der Waals surface area contributed by atoms with Crippen molar-refractivity contribution in [3.8, 4) is 0 Å². The summed E-state index contributed by atoms with van der Waals surface area (Å²) < 4.78 is 29.9. The molecule has 2 heterocycles. The van der Waals surface area contributed by atoms with Crippen molar-refractivity contribution in [2.75, 3.05) is 32.7 Å². The summed E-state index contributed by atoms with van der Waals surface area (Å²) in [5.74, 6) is -1.43. The highest BCUT2D eigenvalue weighted by atomic mass is 32.2. The first-order chi connectivity index (χ1) is 13.6. The first-order valence-corrected chi connectivity index (χ1v) is 11.9. The number of hydrogen-bond donors (Lipinski definition) is 5. The molecular formula is C17H33BN4O6S. The van der Waals surface area contributed by atoms with Gasteiger partial charge in [-0.05, 0) is 50.9 Å². The summed E-state index contributed by atoms with van der Waals surface area (Å²) in [6.45, 7) is 1.72. The number of carboxylic acids is 1. The van der Waals surface area contributed by atoms with Crippen LogP contribution in [0.3, 0.4) is 0 Å². The Hall–Kier alpha value is -0.755. The summed E-state index contributed by atoms with van der Waals surface area (Å²) in [7, 11) is -5.32. The van der Waals surface area contributed by atoms with Gasteiger partial charge in [0.15, 0.2) is 0 Å². The Labute approximate surface area is 172 Å². The van der Waals surface area contributed by atoms with Crippen LogP contribution in [0.5, 0.6) is 0 Å². The van der Waals surface area contributed by atoms with Crippen molar-refractivity contribution in [1.82, 2.24) is 13.9 Å². The van der Waals surface area contributed by atoms with Crippen LogP contribution in [0.4, 0.5) is 0 Å². The van der Waals surface area contributed by atoms with E-state index >= 15 is 0 Å². The second-order valence-corrected chi connectivity index (χ2v) is 10.6. The number of piperidine rings is 1. The van der Waals surface area contributed by atoms with Gasteiger partial charge in [-0.25, -0.2) is 0 Å². The van der Waals surface area contributed by atoms with Gasteiger partial charge in [0.25, 0.3) is 10.2 Å². The van der Waals surface area contributed by atoms with Gasteiger partial charge in [-0.2, -0.15) is 17.0 Å². The van der Waals surface area contributed by atoms with Crippen molar-refractivity contribution in [2.24, 2.45) is 17.6 Å². The molecule has 2 saturated heterocycles. The normalized spacial score (nSPS) is 31.3. The quantitative estimate of drug-likeness (QED) is 0.266. The van der Waals surface area contributed by atoms with Gasteiger partial charge in [-0.3, -0.25) is 4.79 Å². The van der Waals surface area contributed by atoms with E-state index in [0.717, 1.165) is 32.2 Å². The fourth-order valence-electron chi connectivity index (χ4n) is 4.42. The van der Waals surface area contributed by atoms with Crippen molar-refractivity contribution in [3.05, 3.63) is 0 Å². The molecule has 10 nitrogen and oxygen atoms in total. The van der Waals surface area contributed by atoms with Gasteiger partial charge >= 0.3 is 13.1 Å². The van der Waals surface area contributed by atoms with E-state index in [2.05, 4.69) is 5.32 Å². The molecule has 0 spiro atoms. The minimum absolute atomic E-state index is 0.0357. The maximum atomic E-state index is 13.5. The molecule has 0 aromatic rings. The minimum atomic E-state index is -3.85. The maximum absolute atomic E-state index is 13.5. The Morgan fingerprint density at radius 2 is 2.03 bits per heavy atom. The Morgan fingerprint density at radius 3 is 2.59 bits per heavy atom. The number of carbonyl (C=O) groups is 1. The molecule has 29 heavy (non-hydrogen) atoms. The number of nitrogens with zero attached hydrogens (tertiary/aromatic N) is 2. The van der Waals surface area contributed by atoms with Crippen molar-refractivity contribution in [1.29, 1.82) is 0 Å². The highest BCUT2D eigenvalue weighted by Gasteiger charge is 2.54. The lowest BCUT2D eigenvalue weighted by Gasteiger charge is -2.36. The second kappa shape index (κ2) is 9.17. The maximum Gasteiger partial charge on any atom is 0.451 e. The summed E-state index contributed by atoms with van der Waals surface area (Å²) in [5.41, 5.74) is 4.50. The van der Waals surface area contributed by atoms with E-state index in [1.54, 1.807) is 4.31 Å². The third-order valence-corrected chi connectivity index (χ3v) is 8.41. The van der Waals surface area contributed by atoms with E-state index in [0.29, 0.717) is 31.8 Å². The third-order valence-electron chi connectivity index (χ3n) is 6.44. The first-order valence-electron chi connectivity index (χ1n) is 10.5. The number of aliphatic carboxylic acids is 1. The highest BCUT2D eigenvalue weighted by molar-refractivity contribution is 7.86. The number of nitrogens with one attached hydrogen (secondary N) is 1. The summed E-state index contributed by atoms with van der Waals surface area (Å²) >= 11 is 0. The Bertz CT molecular complexity index is 685. The molecule has 3 aliphatic rings. The molecule has 0 bridgehead atoms. The SMILES string of the molecule is N[C@@]1(C(=O)O)CN(S(=O)(=O)N(CC2CC2)[C@H]2CCCNC2)C[C@@H]1CCCB(O)O. The van der Waals surface area contributed by atoms with Crippen LogP contribution in [0.25, 0.3) is 0 Å². The molecule has 0 aromatic heterocycles. The van der Waals surface area contributed by atoms with E-state index < -0.39 is 34.8 Å². The minimum Gasteiger partial charge on any atom is -0.480 e. The molecule has 0 amide bonds. The lowest BCUT2D eigenvalue weighted by atomic mass is 9.78. The van der Waals surface area contributed by atoms with Gasteiger partial charge in [0.2, 0.25) is 0 Å². The standard InChI is InChI=1S/C17H33BN4O6S/c19-17(16(23)24)12-21(11-14(17)3-1-7-18(25)26)29(27,28)22(10-13-5-6-13)15-4-2-8-20-9-15/h13-15,20,25-26H,1-12,19H2,(H,23,24)/t14-,15-,17-/m0/s1. The second-order valence-electron chi connectivity index (χ2n) is 8.77. The van der Waals surface area contributed by atoms with Gasteiger partial charge in [0, 0.05) is 38.1 Å². The van der Waals surface area contributed by atoms with Crippen LogP contribution in [-0.4, -0.2) is 89.6 Å². The molecule has 1 aliphatic carbocycles. The number of carboxylic acid groups (broad SMARTS) is 1. The zero-order valence-corrected chi connectivity index (χ0v) is 17.6. The monoisotopic (exact) mass is 432 g/mol. The third kappa shape index (κ3) is 5.30. The average Bonchev–Trinajstić information content (AvgIpc) is 3.42. The van der Waals surface area contributed by atoms with Gasteiger partial charge in [-0.15, -0.1) is 0 Å². The van der Waals surface area contributed by atoms with Crippen molar-refractivity contribution >= 4 is 23.3 Å². The highest BCUT2D eigenvalue weighted by Crippen LogP contribution is 2.36. The van der Waals surface area contributed by atoms with Crippen LogP contribution >= 0.6 is 0 Å². The molecule has 1 saturated carbocycles. The molecule has 12 heteroatoms. The van der Waals surface area contributed by atoms with E-state index in [1.807, 2.05) is 0 Å². The Morgan fingerprint density at radius 1 is 1.31 bits per heavy atom. The predicted molar refractivity (Wildman–Crippen MR) is 108 cm³/mol. The van der Waals surface area contributed by atoms with Crippen LogP contribution in [0.2, 0.25) is 6.32 Å². The van der Waals surface area contributed by atoms with E-state index in [-0.39, 0.29) is 25.5 Å². The fourth-order valence-corrected chi connectivity index (χ4v) is 6.42. The van der Waals surface area contributed by atoms with Gasteiger partial charge < -0.3 is 26.2 Å². The molecule has 0 unspecified atom stereocenters. The Kier molecular flexibility index (Phi) is 7.25. The molecule has 0 aromatic carbocycles. The average molecular weight is 432 g/mol. The topological polar surface area (TPSA) is 156 Å². The smallest absolute Gasteiger partial charge is 0.451 e. The molecular weight excluding hydrogens is 399 g/mol. The number of nitrogens with two attached hydrogens (primary N) is 1.